The summed E-state index contributed by atoms with van der Waals surface area (Å²) in [5, 5.41) is 12.5. The third-order valence-corrected chi connectivity index (χ3v) is 5.23. The van der Waals surface area contributed by atoms with E-state index in [2.05, 4.69) is 16.3 Å². The highest BCUT2D eigenvalue weighted by Gasteiger charge is 2.30. The average molecular weight is 375 g/mol. The number of carbonyl (C=O) groups excluding carboxylic acids is 2. The van der Waals surface area contributed by atoms with Gasteiger partial charge in [0.25, 0.3) is 0 Å². The third-order valence-electron chi connectivity index (χ3n) is 4.98. The van der Waals surface area contributed by atoms with Gasteiger partial charge in [-0.2, -0.15) is 5.26 Å². The number of halogens is 1. The first kappa shape index (κ1) is 18.5. The second-order valence-electron chi connectivity index (χ2n) is 6.92. The molecule has 0 spiro atoms. The molecule has 1 N–H and O–H groups in total. The molecule has 2 fully saturated rings. The zero-order valence-electron chi connectivity index (χ0n) is 14.7. The highest BCUT2D eigenvalue weighted by atomic mass is 35.5. The Bertz CT molecular complexity index is 688. The maximum atomic E-state index is 12.3. The van der Waals surface area contributed by atoms with E-state index in [-0.39, 0.29) is 18.4 Å². The van der Waals surface area contributed by atoms with Crippen LogP contribution in [0.25, 0.3) is 0 Å². The van der Waals surface area contributed by atoms with Crippen LogP contribution in [-0.2, 0) is 9.59 Å². The van der Waals surface area contributed by atoms with E-state index in [1.54, 1.807) is 4.90 Å². The van der Waals surface area contributed by atoms with Crippen molar-refractivity contribution >= 4 is 29.1 Å². The lowest BCUT2D eigenvalue weighted by Gasteiger charge is -2.36. The fourth-order valence-corrected chi connectivity index (χ4v) is 3.29. The summed E-state index contributed by atoms with van der Waals surface area (Å²) in [5.74, 6) is -0.566. The Labute approximate surface area is 158 Å². The Morgan fingerprint density at radius 2 is 1.85 bits per heavy atom. The van der Waals surface area contributed by atoms with Crippen LogP contribution >= 0.6 is 11.6 Å². The Balaban J connectivity index is 1.42. The first-order valence-electron chi connectivity index (χ1n) is 9.02. The predicted molar refractivity (Wildman–Crippen MR) is 99.7 cm³/mol. The van der Waals surface area contributed by atoms with Crippen LogP contribution < -0.4 is 10.2 Å². The smallest absolute Gasteiger partial charge is 0.242 e. The summed E-state index contributed by atoms with van der Waals surface area (Å²) < 4.78 is 0. The summed E-state index contributed by atoms with van der Waals surface area (Å²) in [7, 11) is 0. The van der Waals surface area contributed by atoms with Gasteiger partial charge in [0.2, 0.25) is 11.8 Å². The van der Waals surface area contributed by atoms with E-state index in [4.69, 9.17) is 16.9 Å². The van der Waals surface area contributed by atoms with E-state index in [9.17, 15) is 9.59 Å². The Kier molecular flexibility index (Phi) is 6.00. The van der Waals surface area contributed by atoms with Crippen molar-refractivity contribution in [3.05, 3.63) is 29.3 Å². The minimum atomic E-state index is -0.642. The van der Waals surface area contributed by atoms with Gasteiger partial charge in [-0.3, -0.25) is 9.59 Å². The van der Waals surface area contributed by atoms with E-state index < -0.39 is 5.92 Å². The highest BCUT2D eigenvalue weighted by Crippen LogP contribution is 2.35. The summed E-state index contributed by atoms with van der Waals surface area (Å²) in [6.07, 6.45) is 2.81. The molecule has 0 aromatic heterocycles. The van der Waals surface area contributed by atoms with Crippen molar-refractivity contribution in [2.45, 2.75) is 19.3 Å². The van der Waals surface area contributed by atoms with Gasteiger partial charge in [-0.25, -0.2) is 0 Å². The molecule has 1 atom stereocenters. The van der Waals surface area contributed by atoms with Gasteiger partial charge in [-0.1, -0.05) is 24.4 Å². The molecule has 0 radical (unpaired) electrons. The first-order valence-corrected chi connectivity index (χ1v) is 9.40. The summed E-state index contributed by atoms with van der Waals surface area (Å²) in [6, 6.07) is 9.72. The molecule has 1 heterocycles. The Hall–Kier alpha value is -2.26. The average Bonchev–Trinajstić information content (AvgIpc) is 3.49. The van der Waals surface area contributed by atoms with E-state index in [1.165, 1.54) is 0 Å². The first-order chi connectivity index (χ1) is 12.6. The topological polar surface area (TPSA) is 76.4 Å². The van der Waals surface area contributed by atoms with Gasteiger partial charge in [-0.15, -0.1) is 0 Å². The van der Waals surface area contributed by atoms with Crippen LogP contribution in [0.5, 0.6) is 0 Å². The number of hydrogen-bond acceptors (Lipinski definition) is 4. The summed E-state index contributed by atoms with van der Waals surface area (Å²) >= 11 is 5.91. The molecular formula is C19H23ClN4O2. The molecule has 1 aliphatic heterocycles. The van der Waals surface area contributed by atoms with Crippen molar-refractivity contribution < 1.29 is 9.59 Å². The number of nitrogens with zero attached hydrogens (tertiary/aromatic N) is 3. The van der Waals surface area contributed by atoms with E-state index in [0.717, 1.165) is 31.6 Å². The van der Waals surface area contributed by atoms with Gasteiger partial charge in [-0.05, 0) is 36.6 Å². The molecule has 26 heavy (non-hydrogen) atoms. The summed E-state index contributed by atoms with van der Waals surface area (Å²) in [6.45, 7) is 2.67. The number of carbonyl (C=O) groups is 2. The lowest BCUT2D eigenvalue weighted by atomic mass is 10.0. The molecule has 1 aromatic carbocycles. The van der Waals surface area contributed by atoms with Crippen LogP contribution in [0.4, 0.5) is 5.69 Å². The number of piperazine rings is 1. The fraction of sp³-hybridized carbons (Fsp3) is 0.526. The Morgan fingerprint density at radius 1 is 1.19 bits per heavy atom. The molecule has 6 nitrogen and oxygen atoms in total. The molecule has 1 saturated heterocycles. The number of nitrogens with one attached hydrogen (secondary N) is 1. The van der Waals surface area contributed by atoms with Gasteiger partial charge in [0.05, 0.1) is 12.6 Å². The van der Waals surface area contributed by atoms with E-state index in [1.807, 2.05) is 24.3 Å². The molecule has 0 bridgehead atoms. The number of nitriles is 1. The van der Waals surface area contributed by atoms with Gasteiger partial charge in [0.15, 0.2) is 0 Å². The SMILES string of the molecule is N#C[C@H](CC1CC1)C(=O)NCC(=O)N1CCN(c2ccc(Cl)cc2)CC1. The zero-order chi connectivity index (χ0) is 18.5. The van der Waals surface area contributed by atoms with Crippen LogP contribution in [0.3, 0.4) is 0 Å². The van der Waals surface area contributed by atoms with Gasteiger partial charge >= 0.3 is 0 Å². The molecule has 2 aliphatic rings. The lowest BCUT2D eigenvalue weighted by Crippen LogP contribution is -2.51. The number of amides is 2. The van der Waals surface area contributed by atoms with Crippen LogP contribution in [0.1, 0.15) is 19.3 Å². The van der Waals surface area contributed by atoms with Crippen LogP contribution in [0.2, 0.25) is 5.02 Å². The van der Waals surface area contributed by atoms with Crippen molar-refractivity contribution in [1.82, 2.24) is 10.2 Å². The second-order valence-corrected chi connectivity index (χ2v) is 7.36. The Morgan fingerprint density at radius 3 is 2.42 bits per heavy atom. The van der Waals surface area contributed by atoms with Gasteiger partial charge in [0, 0.05) is 36.9 Å². The van der Waals surface area contributed by atoms with Crippen molar-refractivity contribution in [2.24, 2.45) is 11.8 Å². The molecular weight excluding hydrogens is 352 g/mol. The van der Waals surface area contributed by atoms with Crippen molar-refractivity contribution in [3.8, 4) is 6.07 Å². The molecule has 7 heteroatoms. The van der Waals surface area contributed by atoms with E-state index in [0.29, 0.717) is 30.5 Å². The van der Waals surface area contributed by atoms with Crippen LogP contribution in [0, 0.1) is 23.2 Å². The fourth-order valence-electron chi connectivity index (χ4n) is 3.17. The van der Waals surface area contributed by atoms with Crippen LogP contribution in [0.15, 0.2) is 24.3 Å². The number of rotatable bonds is 6. The highest BCUT2D eigenvalue weighted by molar-refractivity contribution is 6.30. The van der Waals surface area contributed by atoms with Crippen molar-refractivity contribution in [2.75, 3.05) is 37.6 Å². The molecule has 1 aromatic rings. The minimum Gasteiger partial charge on any atom is -0.368 e. The molecule has 2 amide bonds. The van der Waals surface area contributed by atoms with Gasteiger partial charge < -0.3 is 15.1 Å². The zero-order valence-corrected chi connectivity index (χ0v) is 15.4. The molecule has 3 rings (SSSR count). The monoisotopic (exact) mass is 374 g/mol. The van der Waals surface area contributed by atoms with Crippen molar-refractivity contribution in [3.63, 3.8) is 0 Å². The van der Waals surface area contributed by atoms with Crippen LogP contribution in [-0.4, -0.2) is 49.4 Å². The van der Waals surface area contributed by atoms with Crippen molar-refractivity contribution in [1.29, 1.82) is 5.26 Å². The summed E-state index contributed by atoms with van der Waals surface area (Å²) in [5.41, 5.74) is 1.09. The molecule has 138 valence electrons. The third kappa shape index (κ3) is 4.89. The number of anilines is 1. The minimum absolute atomic E-state index is 0.0391. The summed E-state index contributed by atoms with van der Waals surface area (Å²) in [4.78, 5) is 28.4. The second kappa shape index (κ2) is 8.41. The number of benzene rings is 1. The maximum absolute atomic E-state index is 12.3. The predicted octanol–water partition coefficient (Wildman–Crippen LogP) is 2.04. The van der Waals surface area contributed by atoms with E-state index >= 15 is 0 Å². The normalized spacial score (nSPS) is 18.2. The maximum Gasteiger partial charge on any atom is 0.242 e. The van der Waals surface area contributed by atoms with Gasteiger partial charge in [0.1, 0.15) is 5.92 Å². The lowest BCUT2D eigenvalue weighted by molar-refractivity contribution is -0.133. The quantitative estimate of drug-likeness (QED) is 0.826. The molecule has 0 unspecified atom stereocenters. The number of hydrogen-bond donors (Lipinski definition) is 1. The largest absolute Gasteiger partial charge is 0.368 e. The molecule has 1 aliphatic carbocycles. The standard InChI is InChI=1S/C19H23ClN4O2/c20-16-3-5-17(6-4-16)23-7-9-24(10-8-23)18(25)13-22-19(26)15(12-21)11-14-1-2-14/h3-6,14-15H,1-2,7-11,13H2,(H,22,26)/t15-/m0/s1. The molecule has 1 saturated carbocycles.